The molecule has 0 saturated carbocycles. The Bertz CT molecular complexity index is 244. The molecule has 0 heterocycles. The van der Waals surface area contributed by atoms with Crippen LogP contribution in [0.5, 0.6) is 0 Å². The van der Waals surface area contributed by atoms with Crippen LogP contribution in [0.3, 0.4) is 0 Å². The van der Waals surface area contributed by atoms with E-state index in [9.17, 15) is 17.7 Å². The van der Waals surface area contributed by atoms with Crippen LogP contribution in [0.1, 0.15) is 40.0 Å². The first kappa shape index (κ1) is 21.1. The molecule has 0 bridgehead atoms. The van der Waals surface area contributed by atoms with Gasteiger partial charge in [-0.25, -0.2) is 4.79 Å². The maximum atomic E-state index is 11.9. The van der Waals surface area contributed by atoms with Crippen LogP contribution < -0.4 is 56.7 Å². The number of halogens is 3. The van der Waals surface area contributed by atoms with Crippen molar-refractivity contribution in [2.45, 2.75) is 52.0 Å². The summed E-state index contributed by atoms with van der Waals surface area (Å²) in [5, 5.41) is 2.50. The molecule has 8 heteroatoms. The number of alkyl carbamates (subject to hydrolysis) is 1. The fraction of sp³-hybridized carbons (Fsp3) is 0.900. The predicted molar refractivity (Wildman–Crippen MR) is 62.0 cm³/mol. The van der Waals surface area contributed by atoms with Crippen molar-refractivity contribution in [3.63, 3.8) is 0 Å². The zero-order valence-corrected chi connectivity index (χ0v) is 14.7. The van der Waals surface area contributed by atoms with E-state index in [1.165, 1.54) is 0 Å². The number of amides is 1. The Morgan fingerprint density at radius 1 is 1.17 bits per heavy atom. The molecular formula is C10H20BF3KNO2. The molecule has 3 nitrogen and oxygen atoms in total. The summed E-state index contributed by atoms with van der Waals surface area (Å²) in [5.74, 6) is 0. The zero-order valence-electron chi connectivity index (χ0n) is 11.6. The summed E-state index contributed by atoms with van der Waals surface area (Å²) < 4.78 is 40.5. The molecule has 0 saturated heterocycles. The van der Waals surface area contributed by atoms with Crippen molar-refractivity contribution < 1.29 is 73.9 Å². The first-order valence-corrected chi connectivity index (χ1v) is 5.78. The van der Waals surface area contributed by atoms with Gasteiger partial charge in [0.15, 0.2) is 0 Å². The Hall–Kier alpha value is 0.761. The smallest absolute Gasteiger partial charge is 0.449 e. The molecule has 0 spiro atoms. The van der Waals surface area contributed by atoms with Crippen LogP contribution in [0, 0.1) is 0 Å². The molecule has 0 aliphatic rings. The third-order valence-electron chi connectivity index (χ3n) is 1.88. The molecule has 0 aromatic carbocycles. The number of ether oxygens (including phenoxy) is 1. The molecule has 0 aliphatic carbocycles. The van der Waals surface area contributed by atoms with Crippen LogP contribution in [0.15, 0.2) is 0 Å². The van der Waals surface area contributed by atoms with Gasteiger partial charge in [0.2, 0.25) is 0 Å². The fourth-order valence-electron chi connectivity index (χ4n) is 1.18. The molecule has 0 radical (unpaired) electrons. The SMILES string of the molecule is CC(C)(C)OC(=O)NCCCCC[B-](F)(F)F.[K+]. The molecule has 1 amide bonds. The van der Waals surface area contributed by atoms with Gasteiger partial charge in [-0.2, -0.15) is 0 Å². The maximum Gasteiger partial charge on any atom is 1.00 e. The molecule has 0 aromatic heterocycles. The first-order chi connectivity index (χ1) is 7.60. The molecule has 0 aromatic rings. The molecule has 0 fully saturated rings. The van der Waals surface area contributed by atoms with Crippen molar-refractivity contribution in [1.82, 2.24) is 5.32 Å². The Balaban J connectivity index is 0. The van der Waals surface area contributed by atoms with Crippen molar-refractivity contribution in [2.75, 3.05) is 6.54 Å². The summed E-state index contributed by atoms with van der Waals surface area (Å²) >= 11 is 0. The van der Waals surface area contributed by atoms with Gasteiger partial charge in [0.05, 0.1) is 0 Å². The summed E-state index contributed by atoms with van der Waals surface area (Å²) in [4.78, 5) is 11.1. The second-order valence-electron chi connectivity index (χ2n) is 4.99. The minimum Gasteiger partial charge on any atom is -0.449 e. The zero-order chi connectivity index (χ0) is 13.5. The van der Waals surface area contributed by atoms with Gasteiger partial charge >= 0.3 is 64.5 Å². The molecule has 18 heavy (non-hydrogen) atoms. The largest absolute Gasteiger partial charge is 1.00 e. The van der Waals surface area contributed by atoms with Gasteiger partial charge in [-0.15, -0.1) is 0 Å². The molecular weight excluding hydrogens is 273 g/mol. The van der Waals surface area contributed by atoms with E-state index in [0.717, 1.165) is 0 Å². The number of rotatable bonds is 6. The van der Waals surface area contributed by atoms with Gasteiger partial charge in [-0.05, 0) is 27.2 Å². The Morgan fingerprint density at radius 2 is 1.72 bits per heavy atom. The van der Waals surface area contributed by atoms with Crippen molar-refractivity contribution in [1.29, 1.82) is 0 Å². The van der Waals surface area contributed by atoms with Gasteiger partial charge < -0.3 is 23.0 Å². The van der Waals surface area contributed by atoms with Gasteiger partial charge in [-0.1, -0.05) is 19.2 Å². The Kier molecular flexibility index (Phi) is 11.3. The number of carbonyl (C=O) groups is 1. The quantitative estimate of drug-likeness (QED) is 0.573. The van der Waals surface area contributed by atoms with Crippen LogP contribution in [0.2, 0.25) is 6.32 Å². The number of carbonyl (C=O) groups excluding carboxylic acids is 1. The van der Waals surface area contributed by atoms with Crippen LogP contribution in [0.25, 0.3) is 0 Å². The molecule has 0 atom stereocenters. The fourth-order valence-corrected chi connectivity index (χ4v) is 1.18. The van der Waals surface area contributed by atoms with Crippen molar-refractivity contribution >= 4 is 13.1 Å². The second kappa shape index (κ2) is 9.63. The van der Waals surface area contributed by atoms with Crippen molar-refractivity contribution in [3.05, 3.63) is 0 Å². The molecule has 102 valence electrons. The summed E-state index contributed by atoms with van der Waals surface area (Å²) in [6.07, 6.45) is -0.119. The van der Waals surface area contributed by atoms with Gasteiger partial charge in [0.1, 0.15) is 5.60 Å². The third kappa shape index (κ3) is 16.8. The average molecular weight is 293 g/mol. The Morgan fingerprint density at radius 3 is 2.17 bits per heavy atom. The normalized spacial score (nSPS) is 11.7. The van der Waals surface area contributed by atoms with E-state index in [1.54, 1.807) is 20.8 Å². The van der Waals surface area contributed by atoms with Crippen molar-refractivity contribution in [2.24, 2.45) is 0 Å². The standard InChI is InChI=1S/C10H20BF3NO2.K/c1-10(2,3)17-9(16)15-8-6-4-5-7-11(12,13)14;/h4-8H2,1-3H3,(H,15,16);/q-1;+1. The van der Waals surface area contributed by atoms with Gasteiger partial charge in [0, 0.05) is 6.54 Å². The van der Waals surface area contributed by atoms with E-state index in [0.29, 0.717) is 19.4 Å². The first-order valence-electron chi connectivity index (χ1n) is 5.78. The summed E-state index contributed by atoms with van der Waals surface area (Å²) in [6, 6.07) is 0. The molecule has 1 N–H and O–H groups in total. The van der Waals surface area contributed by atoms with Gasteiger partial charge in [0.25, 0.3) is 0 Å². The van der Waals surface area contributed by atoms with E-state index in [4.69, 9.17) is 4.74 Å². The van der Waals surface area contributed by atoms with Crippen LogP contribution in [-0.4, -0.2) is 25.2 Å². The topological polar surface area (TPSA) is 38.3 Å². The van der Waals surface area contributed by atoms with Crippen LogP contribution >= 0.6 is 0 Å². The van der Waals surface area contributed by atoms with Gasteiger partial charge in [-0.3, -0.25) is 0 Å². The van der Waals surface area contributed by atoms with E-state index < -0.39 is 25.0 Å². The second-order valence-corrected chi connectivity index (χ2v) is 4.99. The third-order valence-corrected chi connectivity index (χ3v) is 1.88. The summed E-state index contributed by atoms with van der Waals surface area (Å²) in [6.45, 7) is 0.922. The number of nitrogens with one attached hydrogen (secondary N) is 1. The maximum absolute atomic E-state index is 11.9. The summed E-state index contributed by atoms with van der Waals surface area (Å²) in [5.41, 5.74) is -0.553. The number of hydrogen-bond donors (Lipinski definition) is 1. The monoisotopic (exact) mass is 293 g/mol. The number of hydrogen-bond acceptors (Lipinski definition) is 2. The van der Waals surface area contributed by atoms with E-state index >= 15 is 0 Å². The van der Waals surface area contributed by atoms with E-state index in [1.807, 2.05) is 0 Å². The predicted octanol–water partition coefficient (Wildman–Crippen LogP) is 0.533. The van der Waals surface area contributed by atoms with Crippen LogP contribution in [-0.2, 0) is 4.74 Å². The van der Waals surface area contributed by atoms with Crippen molar-refractivity contribution in [3.8, 4) is 0 Å². The van der Waals surface area contributed by atoms with E-state index in [2.05, 4.69) is 5.32 Å². The van der Waals surface area contributed by atoms with E-state index in [-0.39, 0.29) is 57.8 Å². The average Bonchev–Trinajstić information content (AvgIpc) is 2.06. The summed E-state index contributed by atoms with van der Waals surface area (Å²) in [7, 11) is 0. The Labute approximate surface area is 149 Å². The minimum atomic E-state index is -4.67. The molecule has 0 unspecified atom stereocenters. The molecule has 0 rings (SSSR count). The number of unbranched alkanes of at least 4 members (excludes halogenated alkanes) is 2. The minimum absolute atomic E-state index is 0. The van der Waals surface area contributed by atoms with Crippen LogP contribution in [0.4, 0.5) is 17.7 Å². The molecule has 0 aliphatic heterocycles.